The van der Waals surface area contributed by atoms with E-state index in [4.69, 9.17) is 10.4 Å². The zero-order chi connectivity index (χ0) is 23.7. The first-order valence-corrected chi connectivity index (χ1v) is 10.9. The Morgan fingerprint density at radius 1 is 1.29 bits per heavy atom. The fourth-order valence-corrected chi connectivity index (χ4v) is 4.09. The van der Waals surface area contributed by atoms with Gasteiger partial charge in [0.25, 0.3) is 5.91 Å². The Morgan fingerprint density at radius 3 is 2.94 bits per heavy atom. The van der Waals surface area contributed by atoms with Crippen LogP contribution >= 0.6 is 15.9 Å². The number of aromatic nitrogens is 5. The quantitative estimate of drug-likeness (QED) is 0.289. The minimum atomic E-state index is -0.582. The number of nitrogens with one attached hydrogen (secondary N) is 1. The number of carbonyl (C=O) groups is 1. The molecule has 4 aromatic rings. The molecule has 0 radical (unpaired) electrons. The van der Waals surface area contributed by atoms with E-state index in [0.29, 0.717) is 17.8 Å². The lowest BCUT2D eigenvalue weighted by Crippen LogP contribution is -2.26. The average Bonchev–Trinajstić information content (AvgIpc) is 3.55. The van der Waals surface area contributed by atoms with Gasteiger partial charge in [-0.3, -0.25) is 4.79 Å². The molecule has 3 N–H and O–H groups in total. The summed E-state index contributed by atoms with van der Waals surface area (Å²) in [6.45, 7) is 1.07. The van der Waals surface area contributed by atoms with Crippen molar-refractivity contribution < 1.29 is 13.8 Å². The third kappa shape index (κ3) is 4.12. The van der Waals surface area contributed by atoms with Gasteiger partial charge in [0.1, 0.15) is 5.82 Å². The first kappa shape index (κ1) is 21.7. The predicted molar refractivity (Wildman–Crippen MR) is 124 cm³/mol. The Hall–Kier alpha value is -4.13. The standard InChI is InChI=1S/C21H17BrFN9O2/c22-14-9-12(5-6-15(14)23)10-25-27-21(33)18-17(32(30-26-18)20-19(24)28-34-29-20)11-31-8-7-13-3-1-2-4-16(13)31/h1-6,9-10H,7-8,11H2,(H2,24,28)(H,27,33)/b25-10-. The lowest BCUT2D eigenvalue weighted by Gasteiger charge is -2.19. The number of hydrogen-bond acceptors (Lipinski definition) is 9. The number of rotatable bonds is 6. The molecule has 1 aliphatic rings. The summed E-state index contributed by atoms with van der Waals surface area (Å²) in [7, 11) is 0. The first-order chi connectivity index (χ1) is 16.5. The van der Waals surface area contributed by atoms with Gasteiger partial charge in [-0.15, -0.1) is 5.10 Å². The molecule has 13 heteroatoms. The number of hydrazone groups is 1. The van der Waals surface area contributed by atoms with Gasteiger partial charge in [0.05, 0.1) is 22.9 Å². The highest BCUT2D eigenvalue weighted by atomic mass is 79.9. The number of amides is 1. The number of nitrogens with zero attached hydrogens (tertiary/aromatic N) is 7. The number of hydrogen-bond donors (Lipinski definition) is 2. The maximum atomic E-state index is 13.4. The molecule has 0 fully saturated rings. The van der Waals surface area contributed by atoms with Crippen molar-refractivity contribution in [2.45, 2.75) is 13.0 Å². The molecule has 0 aliphatic carbocycles. The topological polar surface area (TPSA) is 140 Å². The van der Waals surface area contributed by atoms with E-state index in [1.807, 2.05) is 18.2 Å². The van der Waals surface area contributed by atoms with Crippen LogP contribution in [0, 0.1) is 5.82 Å². The second-order valence-corrected chi connectivity index (χ2v) is 8.30. The van der Waals surface area contributed by atoms with E-state index in [2.05, 4.69) is 58.0 Å². The molecule has 0 spiro atoms. The van der Waals surface area contributed by atoms with Gasteiger partial charge < -0.3 is 10.6 Å². The number of anilines is 2. The Labute approximate surface area is 200 Å². The van der Waals surface area contributed by atoms with Crippen molar-refractivity contribution >= 4 is 39.6 Å². The SMILES string of the molecule is Nc1nonc1-n1nnc(C(=O)N/N=C\c2ccc(F)c(Br)c2)c1CN1CCc2ccccc21. The normalized spacial score (nSPS) is 12.9. The zero-order valence-electron chi connectivity index (χ0n) is 17.5. The number of benzene rings is 2. The molecule has 3 heterocycles. The number of carbonyl (C=O) groups excluding carboxylic acids is 1. The third-order valence-electron chi connectivity index (χ3n) is 5.32. The Morgan fingerprint density at radius 2 is 2.15 bits per heavy atom. The van der Waals surface area contributed by atoms with Crippen LogP contribution in [0.5, 0.6) is 0 Å². The highest BCUT2D eigenvalue weighted by Crippen LogP contribution is 2.30. The van der Waals surface area contributed by atoms with Crippen LogP contribution in [-0.4, -0.2) is 44.0 Å². The molecule has 172 valence electrons. The van der Waals surface area contributed by atoms with Crippen molar-refractivity contribution in [3.8, 4) is 5.82 Å². The van der Waals surface area contributed by atoms with Gasteiger partial charge in [-0.25, -0.2) is 14.4 Å². The van der Waals surface area contributed by atoms with Crippen molar-refractivity contribution in [3.63, 3.8) is 0 Å². The number of nitrogen functional groups attached to an aromatic ring is 1. The fraction of sp³-hybridized carbons (Fsp3) is 0.143. The van der Waals surface area contributed by atoms with Gasteiger partial charge in [-0.2, -0.15) is 9.78 Å². The third-order valence-corrected chi connectivity index (χ3v) is 5.93. The molecule has 2 aromatic carbocycles. The molecule has 0 saturated carbocycles. The first-order valence-electron chi connectivity index (χ1n) is 10.2. The molecule has 1 aliphatic heterocycles. The van der Waals surface area contributed by atoms with Crippen LogP contribution < -0.4 is 16.1 Å². The molecular weight excluding hydrogens is 509 g/mol. The van der Waals surface area contributed by atoms with E-state index >= 15 is 0 Å². The summed E-state index contributed by atoms with van der Waals surface area (Å²) < 4.78 is 19.7. The maximum absolute atomic E-state index is 13.4. The van der Waals surface area contributed by atoms with E-state index in [1.165, 1.54) is 34.7 Å². The van der Waals surface area contributed by atoms with Gasteiger partial charge in [-0.1, -0.05) is 29.5 Å². The minimum Gasteiger partial charge on any atom is -0.378 e. The van der Waals surface area contributed by atoms with Gasteiger partial charge in [0, 0.05) is 12.2 Å². The van der Waals surface area contributed by atoms with Crippen LogP contribution in [0.1, 0.15) is 27.3 Å². The molecular formula is C21H17BrFN9O2. The fourth-order valence-electron chi connectivity index (χ4n) is 3.69. The molecule has 0 atom stereocenters. The Kier molecular flexibility index (Phi) is 5.76. The van der Waals surface area contributed by atoms with Crippen molar-refractivity contribution in [3.05, 3.63) is 75.3 Å². The largest absolute Gasteiger partial charge is 0.378 e. The second-order valence-electron chi connectivity index (χ2n) is 7.44. The maximum Gasteiger partial charge on any atom is 0.293 e. The van der Waals surface area contributed by atoms with E-state index in [0.717, 1.165) is 18.7 Å². The lowest BCUT2D eigenvalue weighted by molar-refractivity contribution is 0.0949. The van der Waals surface area contributed by atoms with Crippen molar-refractivity contribution in [2.24, 2.45) is 5.10 Å². The summed E-state index contributed by atoms with van der Waals surface area (Å²) >= 11 is 3.12. The number of para-hydroxylation sites is 1. The predicted octanol–water partition coefficient (Wildman–Crippen LogP) is 2.46. The average molecular weight is 526 g/mol. The summed E-state index contributed by atoms with van der Waals surface area (Å²) in [5.74, 6) is -0.831. The van der Waals surface area contributed by atoms with E-state index in [-0.39, 0.29) is 21.8 Å². The Bertz CT molecular complexity index is 1400. The zero-order valence-corrected chi connectivity index (χ0v) is 19.1. The summed E-state index contributed by atoms with van der Waals surface area (Å²) in [6.07, 6.45) is 2.27. The molecule has 0 unspecified atom stereocenters. The minimum absolute atomic E-state index is 0.0137. The second kappa shape index (κ2) is 9.02. The van der Waals surface area contributed by atoms with Crippen LogP contribution in [0.25, 0.3) is 5.82 Å². The van der Waals surface area contributed by atoms with E-state index in [1.54, 1.807) is 0 Å². The van der Waals surface area contributed by atoms with Crippen LogP contribution in [0.3, 0.4) is 0 Å². The Balaban J connectivity index is 1.43. The van der Waals surface area contributed by atoms with Crippen molar-refractivity contribution in [1.29, 1.82) is 0 Å². The number of halogens is 2. The molecule has 34 heavy (non-hydrogen) atoms. The van der Waals surface area contributed by atoms with Crippen LogP contribution in [0.15, 0.2) is 56.7 Å². The molecule has 2 aromatic heterocycles. The monoisotopic (exact) mass is 525 g/mol. The highest BCUT2D eigenvalue weighted by Gasteiger charge is 2.28. The molecule has 1 amide bonds. The van der Waals surface area contributed by atoms with Crippen LogP contribution in [-0.2, 0) is 13.0 Å². The van der Waals surface area contributed by atoms with Gasteiger partial charge in [0.15, 0.2) is 5.69 Å². The summed E-state index contributed by atoms with van der Waals surface area (Å²) in [5.41, 5.74) is 11.6. The van der Waals surface area contributed by atoms with Gasteiger partial charge in [0.2, 0.25) is 11.6 Å². The molecule has 0 bridgehead atoms. The lowest BCUT2D eigenvalue weighted by atomic mass is 10.2. The molecule has 11 nitrogen and oxygen atoms in total. The summed E-state index contributed by atoms with van der Waals surface area (Å²) in [6, 6.07) is 12.4. The highest BCUT2D eigenvalue weighted by molar-refractivity contribution is 9.10. The summed E-state index contributed by atoms with van der Waals surface area (Å²) in [5, 5.41) is 19.4. The number of fused-ring (bicyclic) bond motifs is 1. The van der Waals surface area contributed by atoms with E-state index in [9.17, 15) is 9.18 Å². The van der Waals surface area contributed by atoms with Crippen molar-refractivity contribution in [1.82, 2.24) is 30.7 Å². The summed E-state index contributed by atoms with van der Waals surface area (Å²) in [4.78, 5) is 15.1. The molecule has 0 saturated heterocycles. The van der Waals surface area contributed by atoms with Crippen molar-refractivity contribution in [2.75, 3.05) is 17.2 Å². The van der Waals surface area contributed by atoms with Crippen LogP contribution in [0.4, 0.5) is 15.9 Å². The van der Waals surface area contributed by atoms with E-state index < -0.39 is 11.7 Å². The molecule has 5 rings (SSSR count). The van der Waals surface area contributed by atoms with Gasteiger partial charge in [-0.05, 0) is 62.0 Å². The smallest absolute Gasteiger partial charge is 0.293 e. The number of nitrogens with two attached hydrogens (primary N) is 1. The van der Waals surface area contributed by atoms with Gasteiger partial charge >= 0.3 is 0 Å². The van der Waals surface area contributed by atoms with Crippen LogP contribution in [0.2, 0.25) is 0 Å².